The average molecular weight is 364 g/mol. The smallest absolute Gasteiger partial charge is 0.336 e. The van der Waals surface area contributed by atoms with Crippen molar-refractivity contribution < 1.29 is 19.8 Å². The highest BCUT2D eigenvalue weighted by molar-refractivity contribution is 5.97. The van der Waals surface area contributed by atoms with Gasteiger partial charge < -0.3 is 15.5 Å². The van der Waals surface area contributed by atoms with Crippen LogP contribution in [0.4, 0.5) is 5.69 Å². The number of hydrogen-bond acceptors (Lipinski definition) is 4. The van der Waals surface area contributed by atoms with E-state index in [0.717, 1.165) is 23.7 Å². The van der Waals surface area contributed by atoms with Gasteiger partial charge in [0, 0.05) is 31.5 Å². The summed E-state index contributed by atoms with van der Waals surface area (Å²) >= 11 is 0. The van der Waals surface area contributed by atoms with E-state index in [2.05, 4.69) is 10.3 Å². The zero-order chi connectivity index (χ0) is 19.6. The lowest BCUT2D eigenvalue weighted by Gasteiger charge is -2.11. The molecule has 3 N–H and O–H groups in total. The van der Waals surface area contributed by atoms with Gasteiger partial charge in [0.1, 0.15) is 0 Å². The maximum Gasteiger partial charge on any atom is 0.336 e. The third-order valence-electron chi connectivity index (χ3n) is 3.55. The Hall–Kier alpha value is -3.67. The molecule has 3 aromatic rings. The van der Waals surface area contributed by atoms with Crippen LogP contribution in [0.15, 0.2) is 73.1 Å². The number of carbonyl (C=O) groups is 2. The van der Waals surface area contributed by atoms with Gasteiger partial charge in [-0.05, 0) is 41.0 Å². The Kier molecular flexibility index (Phi) is 7.07. The van der Waals surface area contributed by atoms with Crippen molar-refractivity contribution in [3.63, 3.8) is 0 Å². The molecule has 0 amide bonds. The summed E-state index contributed by atoms with van der Waals surface area (Å²) < 4.78 is 0. The SMILES string of the molecule is CC(=O)O.O=C(O)c1ccc(NCc2cccnc2)cc1-c1ccccc1. The topological polar surface area (TPSA) is 99.5 Å². The van der Waals surface area contributed by atoms with Crippen molar-refractivity contribution in [1.82, 2.24) is 4.98 Å². The molecule has 0 aliphatic carbocycles. The van der Waals surface area contributed by atoms with Gasteiger partial charge in [0.15, 0.2) is 0 Å². The van der Waals surface area contributed by atoms with E-state index in [1.807, 2.05) is 48.5 Å². The summed E-state index contributed by atoms with van der Waals surface area (Å²) in [7, 11) is 0. The van der Waals surface area contributed by atoms with Crippen molar-refractivity contribution in [2.24, 2.45) is 0 Å². The fourth-order valence-electron chi connectivity index (χ4n) is 2.40. The molecule has 0 radical (unpaired) electrons. The van der Waals surface area contributed by atoms with Crippen molar-refractivity contribution in [3.05, 3.63) is 84.2 Å². The van der Waals surface area contributed by atoms with Crippen LogP contribution in [0.25, 0.3) is 11.1 Å². The lowest BCUT2D eigenvalue weighted by Crippen LogP contribution is -2.03. The number of anilines is 1. The fourth-order valence-corrected chi connectivity index (χ4v) is 2.40. The first-order chi connectivity index (χ1) is 13.0. The lowest BCUT2D eigenvalue weighted by atomic mass is 9.99. The van der Waals surface area contributed by atoms with E-state index in [1.54, 1.807) is 24.5 Å². The Bertz CT molecular complexity index is 893. The molecule has 2 aromatic carbocycles. The van der Waals surface area contributed by atoms with E-state index in [0.29, 0.717) is 17.7 Å². The van der Waals surface area contributed by atoms with Crippen molar-refractivity contribution in [2.75, 3.05) is 5.32 Å². The predicted molar refractivity (Wildman–Crippen MR) is 104 cm³/mol. The number of aromatic nitrogens is 1. The minimum Gasteiger partial charge on any atom is -0.481 e. The number of nitrogens with one attached hydrogen (secondary N) is 1. The Morgan fingerprint density at radius 1 is 1.00 bits per heavy atom. The molecular formula is C21H20N2O4. The number of hydrogen-bond donors (Lipinski definition) is 3. The number of aromatic carboxylic acids is 1. The van der Waals surface area contributed by atoms with E-state index >= 15 is 0 Å². The summed E-state index contributed by atoms with van der Waals surface area (Å²) in [6.07, 6.45) is 3.54. The Morgan fingerprint density at radius 2 is 1.70 bits per heavy atom. The van der Waals surface area contributed by atoms with Crippen LogP contribution < -0.4 is 5.32 Å². The molecule has 138 valence electrons. The normalized spacial score (nSPS) is 9.67. The second-order valence-corrected chi connectivity index (χ2v) is 5.67. The van der Waals surface area contributed by atoms with Gasteiger partial charge in [0.05, 0.1) is 5.56 Å². The molecule has 0 spiro atoms. The Morgan fingerprint density at radius 3 is 2.30 bits per heavy atom. The second-order valence-electron chi connectivity index (χ2n) is 5.67. The number of benzene rings is 2. The first kappa shape index (κ1) is 19.7. The van der Waals surface area contributed by atoms with Crippen LogP contribution in [-0.2, 0) is 11.3 Å². The van der Waals surface area contributed by atoms with Gasteiger partial charge in [0.2, 0.25) is 0 Å². The molecule has 0 fully saturated rings. The van der Waals surface area contributed by atoms with Crippen molar-refractivity contribution in [3.8, 4) is 11.1 Å². The monoisotopic (exact) mass is 364 g/mol. The van der Waals surface area contributed by atoms with Gasteiger partial charge in [-0.25, -0.2) is 4.79 Å². The van der Waals surface area contributed by atoms with Gasteiger partial charge in [-0.3, -0.25) is 9.78 Å². The quantitative estimate of drug-likeness (QED) is 0.629. The standard InChI is InChI=1S/C19H16N2O2.C2H4O2/c22-19(23)17-9-8-16(21-13-14-5-4-10-20-12-14)11-18(17)15-6-2-1-3-7-15;1-2(3)4/h1-12,21H,13H2,(H,22,23);1H3,(H,3,4). The molecule has 0 unspecified atom stereocenters. The largest absolute Gasteiger partial charge is 0.481 e. The predicted octanol–water partition coefficient (Wildman–Crippen LogP) is 4.15. The summed E-state index contributed by atoms with van der Waals surface area (Å²) in [5.74, 6) is -1.76. The van der Waals surface area contributed by atoms with Gasteiger partial charge in [-0.15, -0.1) is 0 Å². The minimum atomic E-state index is -0.928. The molecule has 0 atom stereocenters. The Labute approximate surface area is 157 Å². The highest BCUT2D eigenvalue weighted by Crippen LogP contribution is 2.27. The van der Waals surface area contributed by atoms with E-state index in [9.17, 15) is 9.90 Å². The third kappa shape index (κ3) is 6.28. The molecule has 6 nitrogen and oxygen atoms in total. The van der Waals surface area contributed by atoms with Crippen LogP contribution in [0, 0.1) is 0 Å². The zero-order valence-corrected chi connectivity index (χ0v) is 14.8. The molecule has 0 aliphatic rings. The maximum atomic E-state index is 11.5. The fraction of sp³-hybridized carbons (Fsp3) is 0.0952. The molecule has 0 saturated carbocycles. The van der Waals surface area contributed by atoms with Gasteiger partial charge in [-0.2, -0.15) is 0 Å². The third-order valence-corrected chi connectivity index (χ3v) is 3.55. The minimum absolute atomic E-state index is 0.295. The molecule has 3 rings (SSSR count). The molecule has 1 aromatic heterocycles. The summed E-state index contributed by atoms with van der Waals surface area (Å²) in [5, 5.41) is 20.1. The summed E-state index contributed by atoms with van der Waals surface area (Å²) in [5.41, 5.74) is 3.82. The van der Waals surface area contributed by atoms with Gasteiger partial charge in [0.25, 0.3) is 5.97 Å². The number of nitrogens with zero attached hydrogens (tertiary/aromatic N) is 1. The second kappa shape index (κ2) is 9.72. The number of aliphatic carboxylic acids is 1. The van der Waals surface area contributed by atoms with E-state index in [1.165, 1.54) is 0 Å². The van der Waals surface area contributed by atoms with E-state index < -0.39 is 11.9 Å². The summed E-state index contributed by atoms with van der Waals surface area (Å²) in [4.78, 5) is 24.5. The van der Waals surface area contributed by atoms with Gasteiger partial charge >= 0.3 is 5.97 Å². The van der Waals surface area contributed by atoms with Gasteiger partial charge in [-0.1, -0.05) is 36.4 Å². The molecule has 27 heavy (non-hydrogen) atoms. The lowest BCUT2D eigenvalue weighted by molar-refractivity contribution is -0.134. The van der Waals surface area contributed by atoms with Crippen LogP contribution in [0.1, 0.15) is 22.8 Å². The molecule has 0 bridgehead atoms. The van der Waals surface area contributed by atoms with Crippen LogP contribution in [0.3, 0.4) is 0 Å². The molecule has 0 aliphatic heterocycles. The van der Waals surface area contributed by atoms with E-state index in [4.69, 9.17) is 9.90 Å². The first-order valence-electron chi connectivity index (χ1n) is 8.22. The number of carboxylic acid groups (broad SMARTS) is 2. The highest BCUT2D eigenvalue weighted by atomic mass is 16.4. The number of carboxylic acids is 2. The Balaban J connectivity index is 0.000000596. The molecule has 6 heteroatoms. The molecule has 0 saturated heterocycles. The molecule has 1 heterocycles. The van der Waals surface area contributed by atoms with Crippen LogP contribution in [-0.4, -0.2) is 27.1 Å². The van der Waals surface area contributed by atoms with Crippen molar-refractivity contribution in [1.29, 1.82) is 0 Å². The van der Waals surface area contributed by atoms with Crippen LogP contribution >= 0.6 is 0 Å². The summed E-state index contributed by atoms with van der Waals surface area (Å²) in [6, 6.07) is 18.7. The molecular weight excluding hydrogens is 344 g/mol. The summed E-state index contributed by atoms with van der Waals surface area (Å²) in [6.45, 7) is 1.72. The highest BCUT2D eigenvalue weighted by Gasteiger charge is 2.12. The van der Waals surface area contributed by atoms with Crippen LogP contribution in [0.2, 0.25) is 0 Å². The van der Waals surface area contributed by atoms with Crippen LogP contribution in [0.5, 0.6) is 0 Å². The van der Waals surface area contributed by atoms with E-state index in [-0.39, 0.29) is 0 Å². The van der Waals surface area contributed by atoms with Crippen molar-refractivity contribution >= 4 is 17.6 Å². The first-order valence-corrected chi connectivity index (χ1v) is 8.22. The maximum absolute atomic E-state index is 11.5. The van der Waals surface area contributed by atoms with Crippen molar-refractivity contribution in [2.45, 2.75) is 13.5 Å². The number of pyridine rings is 1. The number of rotatable bonds is 5. The average Bonchev–Trinajstić information content (AvgIpc) is 2.67. The zero-order valence-electron chi connectivity index (χ0n) is 14.8.